The molecule has 4 nitrogen and oxygen atoms in total. The van der Waals surface area contributed by atoms with Gasteiger partial charge in [0, 0.05) is 23.0 Å². The summed E-state index contributed by atoms with van der Waals surface area (Å²) < 4.78 is 0. The van der Waals surface area contributed by atoms with Crippen LogP contribution in [0.25, 0.3) is 0 Å². The molecule has 1 atom stereocenters. The molecule has 1 aromatic heterocycles. The zero-order valence-corrected chi connectivity index (χ0v) is 13.3. The van der Waals surface area contributed by atoms with Crippen LogP contribution in [-0.2, 0) is 0 Å². The number of hydrogen-bond donors (Lipinski definition) is 1. The number of amides is 1. The number of benzene rings is 2. The number of carbonyl (C=O) groups excluding carboxylic acids is 1. The molecule has 0 bridgehead atoms. The van der Waals surface area contributed by atoms with E-state index >= 15 is 0 Å². The van der Waals surface area contributed by atoms with Crippen LogP contribution in [0.1, 0.15) is 27.7 Å². The average molecular weight is 315 g/mol. The predicted octanol–water partition coefficient (Wildman–Crippen LogP) is 4.16. The van der Waals surface area contributed by atoms with Gasteiger partial charge in [0.2, 0.25) is 0 Å². The van der Waals surface area contributed by atoms with Gasteiger partial charge in [-0.05, 0) is 37.3 Å². The number of anilines is 2. The van der Waals surface area contributed by atoms with Gasteiger partial charge in [-0.25, -0.2) is 0 Å². The van der Waals surface area contributed by atoms with Crippen molar-refractivity contribution in [2.24, 2.45) is 0 Å². The summed E-state index contributed by atoms with van der Waals surface area (Å²) >= 11 is 0. The Morgan fingerprint density at radius 3 is 2.54 bits per heavy atom. The standard InChI is InChI=1S/C20H17N3O/c1-14-8-10-15(11-9-14)22-19-17-6-2-3-7-18(17)20(24)23(19)16-5-4-12-21-13-16/h2-13,19,22H,1H3/t19-/m1/s1. The molecule has 1 aliphatic rings. The number of nitrogens with zero attached hydrogens (tertiary/aromatic N) is 2. The van der Waals surface area contributed by atoms with Gasteiger partial charge in [0.15, 0.2) is 0 Å². The van der Waals surface area contributed by atoms with Crippen LogP contribution in [-0.4, -0.2) is 10.9 Å². The molecule has 0 unspecified atom stereocenters. The lowest BCUT2D eigenvalue weighted by Gasteiger charge is -2.27. The first kappa shape index (κ1) is 14.5. The molecule has 24 heavy (non-hydrogen) atoms. The Morgan fingerprint density at radius 1 is 1.00 bits per heavy atom. The van der Waals surface area contributed by atoms with Crippen molar-refractivity contribution in [2.75, 3.05) is 10.2 Å². The highest BCUT2D eigenvalue weighted by Gasteiger charge is 2.37. The van der Waals surface area contributed by atoms with Crippen LogP contribution in [0.4, 0.5) is 11.4 Å². The van der Waals surface area contributed by atoms with E-state index in [1.807, 2.05) is 48.5 Å². The van der Waals surface area contributed by atoms with E-state index in [0.717, 1.165) is 22.5 Å². The summed E-state index contributed by atoms with van der Waals surface area (Å²) in [7, 11) is 0. The highest BCUT2D eigenvalue weighted by Crippen LogP contribution is 2.37. The molecule has 4 rings (SSSR count). The van der Waals surface area contributed by atoms with E-state index in [-0.39, 0.29) is 12.1 Å². The zero-order valence-electron chi connectivity index (χ0n) is 13.3. The highest BCUT2D eigenvalue weighted by atomic mass is 16.2. The van der Waals surface area contributed by atoms with Gasteiger partial charge >= 0.3 is 0 Å². The molecule has 1 aliphatic heterocycles. The van der Waals surface area contributed by atoms with Gasteiger partial charge in [0.05, 0.1) is 11.9 Å². The number of rotatable bonds is 3. The minimum Gasteiger partial charge on any atom is -0.361 e. The molecule has 3 aromatic rings. The quantitative estimate of drug-likeness (QED) is 0.789. The van der Waals surface area contributed by atoms with Crippen molar-refractivity contribution < 1.29 is 4.79 Å². The first-order chi connectivity index (χ1) is 11.7. The van der Waals surface area contributed by atoms with E-state index in [0.29, 0.717) is 0 Å². The van der Waals surface area contributed by atoms with Gasteiger partial charge in [-0.1, -0.05) is 35.9 Å². The Kier molecular flexibility index (Phi) is 3.50. The number of nitrogens with one attached hydrogen (secondary N) is 1. The minimum atomic E-state index is -0.249. The van der Waals surface area contributed by atoms with Crippen molar-refractivity contribution >= 4 is 17.3 Å². The summed E-state index contributed by atoms with van der Waals surface area (Å²) in [4.78, 5) is 18.8. The number of fused-ring (bicyclic) bond motifs is 1. The first-order valence-corrected chi connectivity index (χ1v) is 7.90. The fraction of sp³-hybridized carbons (Fsp3) is 0.100. The van der Waals surface area contributed by atoms with Crippen molar-refractivity contribution in [3.05, 3.63) is 89.7 Å². The molecule has 1 N–H and O–H groups in total. The average Bonchev–Trinajstić information content (AvgIpc) is 2.90. The summed E-state index contributed by atoms with van der Waals surface area (Å²) in [5.74, 6) is -0.0109. The molecule has 0 aliphatic carbocycles. The molecule has 0 saturated carbocycles. The van der Waals surface area contributed by atoms with Crippen molar-refractivity contribution in [3.8, 4) is 0 Å². The van der Waals surface area contributed by atoms with Gasteiger partial charge < -0.3 is 5.32 Å². The molecule has 4 heteroatoms. The van der Waals surface area contributed by atoms with Crippen molar-refractivity contribution in [1.82, 2.24) is 4.98 Å². The summed E-state index contributed by atoms with van der Waals surface area (Å²) in [6, 6.07) is 19.6. The maximum atomic E-state index is 12.9. The topological polar surface area (TPSA) is 45.2 Å². The molecule has 2 aromatic carbocycles. The monoisotopic (exact) mass is 315 g/mol. The Hall–Kier alpha value is -3.14. The lowest BCUT2D eigenvalue weighted by atomic mass is 10.1. The van der Waals surface area contributed by atoms with Gasteiger partial charge in [0.1, 0.15) is 6.17 Å². The Morgan fingerprint density at radius 2 is 1.79 bits per heavy atom. The van der Waals surface area contributed by atoms with Crippen LogP contribution in [0.3, 0.4) is 0 Å². The predicted molar refractivity (Wildman–Crippen MR) is 95.0 cm³/mol. The zero-order chi connectivity index (χ0) is 16.5. The van der Waals surface area contributed by atoms with E-state index in [1.54, 1.807) is 17.3 Å². The third-order valence-electron chi connectivity index (χ3n) is 4.24. The molecule has 1 amide bonds. The van der Waals surface area contributed by atoms with Crippen LogP contribution >= 0.6 is 0 Å². The van der Waals surface area contributed by atoms with E-state index in [2.05, 4.69) is 29.4 Å². The number of hydrogen-bond acceptors (Lipinski definition) is 3. The normalized spacial score (nSPS) is 16.1. The van der Waals surface area contributed by atoms with Gasteiger partial charge in [-0.15, -0.1) is 0 Å². The summed E-state index contributed by atoms with van der Waals surface area (Å²) in [5.41, 5.74) is 4.66. The summed E-state index contributed by atoms with van der Waals surface area (Å²) in [6.07, 6.45) is 3.17. The van der Waals surface area contributed by atoms with Crippen molar-refractivity contribution in [2.45, 2.75) is 13.1 Å². The van der Waals surface area contributed by atoms with E-state index in [1.165, 1.54) is 5.56 Å². The molecular formula is C20H17N3O. The summed E-state index contributed by atoms with van der Waals surface area (Å²) in [5, 5.41) is 3.48. The van der Waals surface area contributed by atoms with Crippen LogP contribution in [0.2, 0.25) is 0 Å². The van der Waals surface area contributed by atoms with Crippen LogP contribution < -0.4 is 10.2 Å². The Labute approximate surface area is 140 Å². The number of aromatic nitrogens is 1. The van der Waals surface area contributed by atoms with E-state index in [9.17, 15) is 4.79 Å². The maximum Gasteiger partial charge on any atom is 0.260 e. The fourth-order valence-corrected chi connectivity index (χ4v) is 3.03. The molecule has 0 radical (unpaired) electrons. The third kappa shape index (κ3) is 2.42. The largest absolute Gasteiger partial charge is 0.361 e. The molecular weight excluding hydrogens is 298 g/mol. The second-order valence-electron chi connectivity index (χ2n) is 5.89. The van der Waals surface area contributed by atoms with E-state index < -0.39 is 0 Å². The Balaban J connectivity index is 1.77. The van der Waals surface area contributed by atoms with Gasteiger partial charge in [-0.3, -0.25) is 14.7 Å². The van der Waals surface area contributed by atoms with Gasteiger partial charge in [0.25, 0.3) is 5.91 Å². The second-order valence-corrected chi connectivity index (χ2v) is 5.89. The van der Waals surface area contributed by atoms with Crippen molar-refractivity contribution in [1.29, 1.82) is 0 Å². The fourth-order valence-electron chi connectivity index (χ4n) is 3.03. The Bertz CT molecular complexity index is 875. The highest BCUT2D eigenvalue weighted by molar-refractivity contribution is 6.11. The van der Waals surface area contributed by atoms with E-state index in [4.69, 9.17) is 0 Å². The molecule has 2 heterocycles. The van der Waals surface area contributed by atoms with Gasteiger partial charge in [-0.2, -0.15) is 0 Å². The number of aryl methyl sites for hydroxylation is 1. The van der Waals surface area contributed by atoms with Crippen LogP contribution in [0.5, 0.6) is 0 Å². The lowest BCUT2D eigenvalue weighted by Crippen LogP contribution is -2.32. The minimum absolute atomic E-state index is 0.0109. The van der Waals surface area contributed by atoms with Crippen LogP contribution in [0.15, 0.2) is 73.1 Å². The summed E-state index contributed by atoms with van der Waals surface area (Å²) in [6.45, 7) is 2.06. The van der Waals surface area contributed by atoms with Crippen LogP contribution in [0, 0.1) is 6.92 Å². The van der Waals surface area contributed by atoms with Crippen molar-refractivity contribution in [3.63, 3.8) is 0 Å². The first-order valence-electron chi connectivity index (χ1n) is 7.90. The maximum absolute atomic E-state index is 12.9. The number of carbonyl (C=O) groups is 1. The second kappa shape index (κ2) is 5.81. The molecule has 0 saturated heterocycles. The smallest absolute Gasteiger partial charge is 0.260 e. The number of pyridine rings is 1. The third-order valence-corrected chi connectivity index (χ3v) is 4.24. The molecule has 0 fully saturated rings. The lowest BCUT2D eigenvalue weighted by molar-refractivity contribution is 0.0993. The molecule has 118 valence electrons. The molecule has 0 spiro atoms. The SMILES string of the molecule is Cc1ccc(N[C@H]2c3ccccc3C(=O)N2c2cccnc2)cc1.